The van der Waals surface area contributed by atoms with Crippen LogP contribution in [-0.2, 0) is 9.57 Å². The quantitative estimate of drug-likeness (QED) is 0.707. The highest BCUT2D eigenvalue weighted by atomic mass is 16.6. The van der Waals surface area contributed by atoms with Gasteiger partial charge in [0, 0.05) is 12.5 Å². The molecule has 0 bridgehead atoms. The van der Waals surface area contributed by atoms with Crippen LogP contribution in [0.4, 0.5) is 4.79 Å². The molecule has 1 amide bonds. The number of hydrogen-bond donors (Lipinski definition) is 2. The Balaban J connectivity index is 3.97. The zero-order valence-electron chi connectivity index (χ0n) is 10.9. The number of nitrogens with two attached hydrogens (primary N) is 1. The van der Waals surface area contributed by atoms with Gasteiger partial charge in [0.15, 0.2) is 0 Å². The van der Waals surface area contributed by atoms with E-state index in [0.29, 0.717) is 19.1 Å². The van der Waals surface area contributed by atoms with Gasteiger partial charge in [-0.3, -0.25) is 0 Å². The van der Waals surface area contributed by atoms with Gasteiger partial charge in [0.2, 0.25) is 0 Å². The Kier molecular flexibility index (Phi) is 6.36. The minimum atomic E-state index is -0.470. The molecule has 5 heteroatoms. The van der Waals surface area contributed by atoms with E-state index in [-0.39, 0.29) is 5.92 Å². The van der Waals surface area contributed by atoms with Gasteiger partial charge in [-0.2, -0.15) is 0 Å². The number of amides is 1. The van der Waals surface area contributed by atoms with E-state index in [2.05, 4.69) is 24.0 Å². The van der Waals surface area contributed by atoms with Crippen molar-refractivity contribution in [2.45, 2.75) is 40.2 Å². The average molecular weight is 232 g/mol. The van der Waals surface area contributed by atoms with Crippen molar-refractivity contribution in [3.8, 4) is 0 Å². The molecule has 5 nitrogen and oxygen atoms in total. The van der Waals surface area contributed by atoms with E-state index >= 15 is 0 Å². The van der Waals surface area contributed by atoms with Crippen LogP contribution in [0, 0.1) is 11.8 Å². The number of ether oxygens (including phenoxy) is 1. The van der Waals surface area contributed by atoms with Crippen LogP contribution in [0.1, 0.15) is 34.6 Å². The third-order valence-corrected chi connectivity index (χ3v) is 2.16. The lowest BCUT2D eigenvalue weighted by Crippen LogP contribution is -2.38. The predicted molar refractivity (Wildman–Crippen MR) is 62.7 cm³/mol. The number of nitrogens with one attached hydrogen (secondary N) is 1. The molecule has 0 saturated heterocycles. The van der Waals surface area contributed by atoms with Gasteiger partial charge >= 0.3 is 6.09 Å². The summed E-state index contributed by atoms with van der Waals surface area (Å²) in [5.74, 6) is 5.61. The zero-order valence-corrected chi connectivity index (χ0v) is 10.9. The van der Waals surface area contributed by atoms with Gasteiger partial charge in [-0.25, -0.2) is 10.7 Å². The van der Waals surface area contributed by atoms with Crippen LogP contribution in [0.25, 0.3) is 0 Å². The smallest absolute Gasteiger partial charge is 0.407 e. The van der Waals surface area contributed by atoms with E-state index in [9.17, 15) is 4.79 Å². The SMILES string of the molecule is CC(C)C(CNC(=O)OC(C)(C)C)CON. The molecule has 16 heavy (non-hydrogen) atoms. The topological polar surface area (TPSA) is 73.6 Å². The lowest BCUT2D eigenvalue weighted by atomic mass is 9.97. The Morgan fingerprint density at radius 2 is 1.94 bits per heavy atom. The fourth-order valence-electron chi connectivity index (χ4n) is 1.14. The van der Waals surface area contributed by atoms with Crippen molar-refractivity contribution < 1.29 is 14.4 Å². The summed E-state index contributed by atoms with van der Waals surface area (Å²) in [4.78, 5) is 16.0. The Bertz CT molecular complexity index is 212. The standard InChI is InChI=1S/C11H24N2O3/c1-8(2)9(7-15-12)6-13-10(14)16-11(3,4)5/h8-9H,6-7,12H2,1-5H3,(H,13,14). The van der Waals surface area contributed by atoms with E-state index in [1.807, 2.05) is 20.8 Å². The summed E-state index contributed by atoms with van der Waals surface area (Å²) < 4.78 is 5.12. The number of carbonyl (C=O) groups excluding carboxylic acids is 1. The van der Waals surface area contributed by atoms with Crippen molar-refractivity contribution in [2.24, 2.45) is 17.7 Å². The summed E-state index contributed by atoms with van der Waals surface area (Å²) >= 11 is 0. The van der Waals surface area contributed by atoms with Crippen molar-refractivity contribution in [3.05, 3.63) is 0 Å². The Morgan fingerprint density at radius 1 is 1.38 bits per heavy atom. The largest absolute Gasteiger partial charge is 0.444 e. The Labute approximate surface area is 97.6 Å². The second-order valence-corrected chi connectivity index (χ2v) is 5.22. The van der Waals surface area contributed by atoms with Crippen LogP contribution in [-0.4, -0.2) is 24.8 Å². The summed E-state index contributed by atoms with van der Waals surface area (Å²) in [5, 5.41) is 2.71. The number of alkyl carbamates (subject to hydrolysis) is 1. The zero-order chi connectivity index (χ0) is 12.8. The minimum absolute atomic E-state index is 0.192. The van der Waals surface area contributed by atoms with Crippen molar-refractivity contribution in [1.29, 1.82) is 0 Å². The normalized spacial score (nSPS) is 13.7. The molecule has 3 N–H and O–H groups in total. The molecule has 96 valence electrons. The van der Waals surface area contributed by atoms with E-state index in [4.69, 9.17) is 10.6 Å². The molecule has 0 heterocycles. The summed E-state index contributed by atoms with van der Waals surface area (Å²) in [5.41, 5.74) is -0.470. The van der Waals surface area contributed by atoms with E-state index < -0.39 is 11.7 Å². The van der Waals surface area contributed by atoms with Crippen molar-refractivity contribution in [1.82, 2.24) is 5.32 Å². The van der Waals surface area contributed by atoms with Gasteiger partial charge in [0.05, 0.1) is 6.61 Å². The molecule has 0 aliphatic carbocycles. The summed E-state index contributed by atoms with van der Waals surface area (Å²) in [6.45, 7) is 10.5. The summed E-state index contributed by atoms with van der Waals surface area (Å²) in [7, 11) is 0. The summed E-state index contributed by atoms with van der Waals surface area (Å²) in [6.07, 6.45) is -0.407. The third kappa shape index (κ3) is 7.48. The highest BCUT2D eigenvalue weighted by Gasteiger charge is 2.18. The van der Waals surface area contributed by atoms with Gasteiger partial charge in [-0.05, 0) is 26.7 Å². The summed E-state index contributed by atoms with van der Waals surface area (Å²) in [6, 6.07) is 0. The fraction of sp³-hybridized carbons (Fsp3) is 0.909. The highest BCUT2D eigenvalue weighted by Crippen LogP contribution is 2.10. The van der Waals surface area contributed by atoms with Crippen LogP contribution in [0.3, 0.4) is 0 Å². The predicted octanol–water partition coefficient (Wildman–Crippen LogP) is 1.67. The van der Waals surface area contributed by atoms with Crippen LogP contribution in [0.2, 0.25) is 0 Å². The van der Waals surface area contributed by atoms with E-state index in [0.717, 1.165) is 0 Å². The maximum absolute atomic E-state index is 11.4. The Hall–Kier alpha value is -0.810. The van der Waals surface area contributed by atoms with E-state index in [1.165, 1.54) is 0 Å². The van der Waals surface area contributed by atoms with Crippen LogP contribution in [0.15, 0.2) is 0 Å². The Morgan fingerprint density at radius 3 is 2.31 bits per heavy atom. The lowest BCUT2D eigenvalue weighted by Gasteiger charge is -2.23. The molecule has 1 unspecified atom stereocenters. The molecule has 0 aromatic carbocycles. The molecule has 0 fully saturated rings. The molecule has 0 aliphatic rings. The van der Waals surface area contributed by atoms with Gasteiger partial charge in [0.25, 0.3) is 0 Å². The second kappa shape index (κ2) is 6.70. The van der Waals surface area contributed by atoms with Gasteiger partial charge in [0.1, 0.15) is 5.60 Å². The molecule has 0 radical (unpaired) electrons. The maximum Gasteiger partial charge on any atom is 0.407 e. The number of rotatable bonds is 5. The van der Waals surface area contributed by atoms with Gasteiger partial charge in [-0.15, -0.1) is 0 Å². The first-order valence-corrected chi connectivity index (χ1v) is 5.54. The lowest BCUT2D eigenvalue weighted by molar-refractivity contribution is 0.0470. The second-order valence-electron chi connectivity index (χ2n) is 5.22. The van der Waals surface area contributed by atoms with Gasteiger partial charge in [-0.1, -0.05) is 13.8 Å². The number of carbonyl (C=O) groups is 1. The molecule has 0 saturated carbocycles. The van der Waals surface area contributed by atoms with Crippen molar-refractivity contribution in [2.75, 3.05) is 13.2 Å². The van der Waals surface area contributed by atoms with Crippen LogP contribution in [0.5, 0.6) is 0 Å². The molecule has 0 aliphatic heterocycles. The molecular weight excluding hydrogens is 208 g/mol. The molecule has 0 aromatic heterocycles. The average Bonchev–Trinajstić information content (AvgIpc) is 2.08. The number of hydrogen-bond acceptors (Lipinski definition) is 4. The first kappa shape index (κ1) is 15.2. The third-order valence-electron chi connectivity index (χ3n) is 2.16. The first-order chi connectivity index (χ1) is 7.26. The van der Waals surface area contributed by atoms with Crippen molar-refractivity contribution in [3.63, 3.8) is 0 Å². The monoisotopic (exact) mass is 232 g/mol. The minimum Gasteiger partial charge on any atom is -0.444 e. The van der Waals surface area contributed by atoms with Gasteiger partial charge < -0.3 is 14.9 Å². The highest BCUT2D eigenvalue weighted by molar-refractivity contribution is 5.67. The molecule has 0 aromatic rings. The van der Waals surface area contributed by atoms with E-state index in [1.54, 1.807) is 0 Å². The van der Waals surface area contributed by atoms with Crippen LogP contribution >= 0.6 is 0 Å². The molecule has 1 atom stereocenters. The molecule has 0 rings (SSSR count). The molecule has 0 spiro atoms. The molecular formula is C11H24N2O3. The fourth-order valence-corrected chi connectivity index (χ4v) is 1.14. The van der Waals surface area contributed by atoms with Crippen LogP contribution < -0.4 is 11.2 Å². The van der Waals surface area contributed by atoms with Crippen molar-refractivity contribution >= 4 is 6.09 Å². The first-order valence-electron chi connectivity index (χ1n) is 5.54. The maximum atomic E-state index is 11.4.